The fourth-order valence-electron chi connectivity index (χ4n) is 1.72. The molecule has 1 atom stereocenters. The number of rotatable bonds is 4. The summed E-state index contributed by atoms with van der Waals surface area (Å²) in [5.41, 5.74) is 0. The molecule has 1 fully saturated rings. The second-order valence-electron chi connectivity index (χ2n) is 3.73. The molecule has 2 heterocycles. The molecule has 0 spiro atoms. The predicted molar refractivity (Wildman–Crippen MR) is 72.3 cm³/mol. The Kier molecular flexibility index (Phi) is 4.06. The highest BCUT2D eigenvalue weighted by Gasteiger charge is 2.41. The maximum Gasteiger partial charge on any atom is 0.332 e. The van der Waals surface area contributed by atoms with E-state index in [9.17, 15) is 9.59 Å². The number of urea groups is 1. The normalized spacial score (nSPS) is 18.8. The Morgan fingerprint density at radius 2 is 2.53 bits per heavy atom. The molecule has 0 aliphatic carbocycles. The Labute approximate surface area is 119 Å². The summed E-state index contributed by atoms with van der Waals surface area (Å²) in [4.78, 5) is 30.4. The molecule has 1 aliphatic heterocycles. The van der Waals surface area contributed by atoms with Crippen LogP contribution in [0.25, 0.3) is 0 Å². The number of amides is 2. The van der Waals surface area contributed by atoms with Gasteiger partial charge in [0.2, 0.25) is 6.23 Å². The number of nitrogens with zero attached hydrogens (tertiary/aromatic N) is 3. The summed E-state index contributed by atoms with van der Waals surface area (Å²) < 4.78 is 5.63. The Balaban J connectivity index is 2.26. The molecule has 6 nitrogen and oxygen atoms in total. The van der Waals surface area contributed by atoms with Crippen LogP contribution in [0.15, 0.2) is 18.9 Å². The van der Waals surface area contributed by atoms with Crippen LogP contribution in [0.2, 0.25) is 4.34 Å². The van der Waals surface area contributed by atoms with Gasteiger partial charge >= 0.3 is 12.0 Å². The highest BCUT2D eigenvalue weighted by molar-refractivity contribution is 7.19. The topological polar surface area (TPSA) is 62.7 Å². The van der Waals surface area contributed by atoms with Gasteiger partial charge in [-0.25, -0.2) is 19.5 Å². The van der Waals surface area contributed by atoms with Gasteiger partial charge in [0.25, 0.3) is 0 Å². The number of carbonyl (C=O) groups excluding carboxylic acids is 2. The molecule has 0 N–H and O–H groups in total. The van der Waals surface area contributed by atoms with Crippen LogP contribution in [0.4, 0.5) is 9.93 Å². The van der Waals surface area contributed by atoms with E-state index in [0.29, 0.717) is 22.6 Å². The molecule has 1 aromatic rings. The van der Waals surface area contributed by atoms with Gasteiger partial charge in [-0.2, -0.15) is 0 Å². The standard InChI is InChI=1S/C11H12ClN3O3S/c1-3-9(16)18-8-6-14(4-2)11(17)15(8)10-13-5-7(12)19-10/h3,5,8H,1,4,6H2,2H3. The van der Waals surface area contributed by atoms with Gasteiger partial charge < -0.3 is 9.64 Å². The monoisotopic (exact) mass is 301 g/mol. The van der Waals surface area contributed by atoms with Crippen LogP contribution in [0.5, 0.6) is 0 Å². The minimum Gasteiger partial charge on any atom is -0.436 e. The Morgan fingerprint density at radius 1 is 1.79 bits per heavy atom. The first-order valence-electron chi connectivity index (χ1n) is 5.59. The van der Waals surface area contributed by atoms with Gasteiger partial charge in [-0.15, -0.1) is 0 Å². The quantitative estimate of drug-likeness (QED) is 0.631. The van der Waals surface area contributed by atoms with E-state index < -0.39 is 12.2 Å². The predicted octanol–water partition coefficient (Wildman–Crippen LogP) is 2.11. The summed E-state index contributed by atoms with van der Waals surface area (Å²) in [5.74, 6) is -0.580. The maximum absolute atomic E-state index is 12.2. The van der Waals surface area contributed by atoms with Gasteiger partial charge in [-0.05, 0) is 6.92 Å². The number of anilines is 1. The molecule has 2 amide bonds. The van der Waals surface area contributed by atoms with E-state index in [-0.39, 0.29) is 6.03 Å². The van der Waals surface area contributed by atoms with Gasteiger partial charge in [0.1, 0.15) is 4.34 Å². The van der Waals surface area contributed by atoms with Crippen molar-refractivity contribution in [1.82, 2.24) is 9.88 Å². The third-order valence-electron chi connectivity index (χ3n) is 2.61. The largest absolute Gasteiger partial charge is 0.436 e. The van der Waals surface area contributed by atoms with Crippen LogP contribution >= 0.6 is 22.9 Å². The van der Waals surface area contributed by atoms with Crippen LogP contribution in [0.3, 0.4) is 0 Å². The van der Waals surface area contributed by atoms with Crippen molar-refractivity contribution >= 4 is 40.1 Å². The number of likely N-dealkylation sites (N-methyl/N-ethyl adjacent to an activating group) is 1. The number of thiazole rings is 1. The molecule has 0 aromatic carbocycles. The second kappa shape index (κ2) is 5.58. The highest BCUT2D eigenvalue weighted by atomic mass is 35.5. The zero-order valence-corrected chi connectivity index (χ0v) is 11.8. The summed E-state index contributed by atoms with van der Waals surface area (Å²) in [6.07, 6.45) is 1.81. The minimum atomic E-state index is -0.708. The summed E-state index contributed by atoms with van der Waals surface area (Å²) in [7, 11) is 0. The summed E-state index contributed by atoms with van der Waals surface area (Å²) in [6.45, 7) is 6.01. The second-order valence-corrected chi connectivity index (χ2v) is 5.37. The Hall–Kier alpha value is -1.60. The SMILES string of the molecule is C=CC(=O)OC1CN(CC)C(=O)N1c1ncc(Cl)s1. The van der Waals surface area contributed by atoms with Crippen molar-refractivity contribution in [1.29, 1.82) is 0 Å². The first-order valence-corrected chi connectivity index (χ1v) is 6.78. The fourth-order valence-corrected chi connectivity index (χ4v) is 2.66. The van der Waals surface area contributed by atoms with E-state index >= 15 is 0 Å². The zero-order valence-electron chi connectivity index (χ0n) is 10.2. The third kappa shape index (κ3) is 2.71. The lowest BCUT2D eigenvalue weighted by molar-refractivity contribution is -0.142. The highest BCUT2D eigenvalue weighted by Crippen LogP contribution is 2.31. The lowest BCUT2D eigenvalue weighted by Crippen LogP contribution is -2.37. The van der Waals surface area contributed by atoms with E-state index in [1.165, 1.54) is 11.1 Å². The molecule has 0 saturated carbocycles. The van der Waals surface area contributed by atoms with Gasteiger partial charge in [0.15, 0.2) is 5.13 Å². The van der Waals surface area contributed by atoms with Crippen molar-refractivity contribution in [2.45, 2.75) is 13.2 Å². The van der Waals surface area contributed by atoms with Crippen molar-refractivity contribution in [3.8, 4) is 0 Å². The van der Waals surface area contributed by atoms with Crippen LogP contribution < -0.4 is 4.90 Å². The molecule has 19 heavy (non-hydrogen) atoms. The molecule has 0 radical (unpaired) electrons. The number of esters is 1. The molecule has 8 heteroatoms. The first-order chi connectivity index (χ1) is 9.06. The summed E-state index contributed by atoms with van der Waals surface area (Å²) in [6, 6.07) is -0.254. The molecule has 0 bridgehead atoms. The number of hydrogen-bond donors (Lipinski definition) is 0. The number of hydrogen-bond acceptors (Lipinski definition) is 5. The van der Waals surface area contributed by atoms with E-state index in [4.69, 9.17) is 16.3 Å². The van der Waals surface area contributed by atoms with E-state index in [2.05, 4.69) is 11.6 Å². The van der Waals surface area contributed by atoms with E-state index in [1.807, 2.05) is 6.92 Å². The molecule has 102 valence electrons. The van der Waals surface area contributed by atoms with Crippen molar-refractivity contribution in [2.24, 2.45) is 0 Å². The average molecular weight is 302 g/mol. The lowest BCUT2D eigenvalue weighted by Gasteiger charge is -2.19. The van der Waals surface area contributed by atoms with Gasteiger partial charge in [-0.3, -0.25) is 0 Å². The average Bonchev–Trinajstić information content (AvgIpc) is 2.93. The summed E-state index contributed by atoms with van der Waals surface area (Å²) >= 11 is 6.97. The van der Waals surface area contributed by atoms with Crippen molar-refractivity contribution in [2.75, 3.05) is 18.0 Å². The maximum atomic E-state index is 12.2. The van der Waals surface area contributed by atoms with Gasteiger partial charge in [0, 0.05) is 12.6 Å². The lowest BCUT2D eigenvalue weighted by atomic mass is 10.5. The number of aromatic nitrogens is 1. The smallest absolute Gasteiger partial charge is 0.332 e. The Morgan fingerprint density at radius 3 is 3.05 bits per heavy atom. The number of carbonyl (C=O) groups is 2. The van der Waals surface area contributed by atoms with Crippen LogP contribution in [0, 0.1) is 0 Å². The van der Waals surface area contributed by atoms with E-state index in [1.54, 1.807) is 4.90 Å². The van der Waals surface area contributed by atoms with Crippen molar-refractivity contribution in [3.05, 3.63) is 23.2 Å². The van der Waals surface area contributed by atoms with E-state index in [0.717, 1.165) is 17.4 Å². The minimum absolute atomic E-state index is 0.254. The Bertz CT molecular complexity index is 519. The molecule has 1 saturated heterocycles. The molecule has 1 unspecified atom stereocenters. The zero-order chi connectivity index (χ0) is 14.0. The van der Waals surface area contributed by atoms with Crippen LogP contribution in [0.1, 0.15) is 6.92 Å². The molecular formula is C11H12ClN3O3S. The van der Waals surface area contributed by atoms with Gasteiger partial charge in [0.05, 0.1) is 12.7 Å². The third-order valence-corrected chi connectivity index (χ3v) is 3.73. The van der Waals surface area contributed by atoms with Crippen molar-refractivity contribution < 1.29 is 14.3 Å². The number of ether oxygens (including phenoxy) is 1. The summed E-state index contributed by atoms with van der Waals surface area (Å²) in [5, 5.41) is 0.410. The number of halogens is 1. The fraction of sp³-hybridized carbons (Fsp3) is 0.364. The first kappa shape index (κ1) is 13.8. The molecule has 1 aliphatic rings. The molecule has 1 aromatic heterocycles. The van der Waals surface area contributed by atoms with Crippen molar-refractivity contribution in [3.63, 3.8) is 0 Å². The van der Waals surface area contributed by atoms with Gasteiger partial charge in [-0.1, -0.05) is 29.5 Å². The van der Waals surface area contributed by atoms with Crippen LogP contribution in [-0.2, 0) is 9.53 Å². The van der Waals surface area contributed by atoms with Crippen LogP contribution in [-0.4, -0.2) is 41.2 Å². The molecular weight excluding hydrogens is 290 g/mol. The molecule has 2 rings (SSSR count).